The van der Waals surface area contributed by atoms with Gasteiger partial charge in [0.1, 0.15) is 64.1 Å². The number of carboxylic acids is 1. The molecule has 2 aliphatic rings. The first-order chi connectivity index (χ1) is 44.3. The van der Waals surface area contributed by atoms with Crippen LogP contribution < -0.4 is 30.8 Å². The van der Waals surface area contributed by atoms with E-state index in [9.17, 15) is 32.3 Å². The summed E-state index contributed by atoms with van der Waals surface area (Å²) in [4.78, 5) is 96.2. The van der Waals surface area contributed by atoms with Crippen LogP contribution in [0.3, 0.4) is 0 Å². The maximum absolute atomic E-state index is 15.0. The van der Waals surface area contributed by atoms with Gasteiger partial charge in [0.2, 0.25) is 6.10 Å². The molecule has 5 heterocycles. The van der Waals surface area contributed by atoms with Crippen LogP contribution in [0.25, 0.3) is 10.2 Å². The van der Waals surface area contributed by atoms with Crippen molar-refractivity contribution >= 4 is 103 Å². The summed E-state index contributed by atoms with van der Waals surface area (Å²) < 4.78 is 51.7. The number of aryl methyl sites for hydroxylation is 1. The number of thiazole rings is 2. The molecule has 3 aromatic heterocycles. The molecule has 470 valence electrons. The molecule has 3 amide bonds. The van der Waals surface area contributed by atoms with Crippen molar-refractivity contribution in [2.45, 2.75) is 60.1 Å². The second-order valence-corrected chi connectivity index (χ2v) is 24.7. The molecule has 6 aromatic carbocycles. The highest BCUT2D eigenvalue weighted by molar-refractivity contribution is 8.02. The van der Waals surface area contributed by atoms with Crippen molar-refractivity contribution in [3.05, 3.63) is 250 Å². The van der Waals surface area contributed by atoms with Crippen LogP contribution in [0.5, 0.6) is 5.75 Å². The number of rotatable bonds is 21. The Kier molecular flexibility index (Phi) is 20.5. The number of ether oxygens (including phenoxy) is 3. The van der Waals surface area contributed by atoms with Gasteiger partial charge in [-0.1, -0.05) is 181 Å². The number of hydrogen-bond acceptors (Lipinski definition) is 19. The molecule has 26 heteroatoms. The third-order valence-corrected chi connectivity index (χ3v) is 18.9. The Morgan fingerprint density at radius 1 is 0.815 bits per heavy atom. The lowest BCUT2D eigenvalue weighted by molar-refractivity contribution is -0.575. The van der Waals surface area contributed by atoms with Gasteiger partial charge in [-0.3, -0.25) is 20.2 Å². The van der Waals surface area contributed by atoms with Crippen LogP contribution in [0, 0.1) is 6.92 Å². The summed E-state index contributed by atoms with van der Waals surface area (Å²) in [5.74, 6) is -4.71. The van der Waals surface area contributed by atoms with Crippen molar-refractivity contribution in [2.75, 3.05) is 23.9 Å². The van der Waals surface area contributed by atoms with Gasteiger partial charge >= 0.3 is 24.1 Å². The Labute approximate surface area is 541 Å². The van der Waals surface area contributed by atoms with Crippen LogP contribution in [-0.4, -0.2) is 98.6 Å². The zero-order valence-corrected chi connectivity index (χ0v) is 52.2. The molecule has 1 fully saturated rings. The highest BCUT2D eigenvalue weighted by Gasteiger charge is 2.55. The van der Waals surface area contributed by atoms with Gasteiger partial charge in [0.25, 0.3) is 11.8 Å². The minimum absolute atomic E-state index is 0.0620. The second-order valence-electron chi connectivity index (χ2n) is 20.5. The van der Waals surface area contributed by atoms with Crippen molar-refractivity contribution in [3.8, 4) is 5.75 Å². The average Bonchev–Trinajstić information content (AvgIpc) is 0.801. The molecular weight excluding hydrogens is 1270 g/mol. The number of fused-ring (bicyclic) bond motifs is 2. The smallest absolute Gasteiger partial charge is 0.493 e. The fraction of sp³-hybridized carbons (Fsp3) is 0.182. The van der Waals surface area contributed by atoms with Gasteiger partial charge in [-0.2, -0.15) is 22.5 Å². The number of nitrogens with zero attached hydrogens (tertiary/aromatic N) is 5. The van der Waals surface area contributed by atoms with Crippen LogP contribution in [0.4, 0.5) is 23.1 Å². The van der Waals surface area contributed by atoms with Crippen molar-refractivity contribution in [2.24, 2.45) is 10.9 Å². The van der Waals surface area contributed by atoms with Gasteiger partial charge in [-0.25, -0.2) is 19.6 Å². The average molecular weight is 1320 g/mol. The SMILES string of the molecule is COc1ccc(COC(=O)C2=C(CSc3nc4c(C)[n+](C(N)=O)ccc4s3)CS[C@H]3C(NC(=O)/C(=N\O[C@@H](C)C(=O)OC(c4ccccc4)c4ccccc4)c4csc(NC(c5ccccc5)(c5ccccc5)c5ccccc5)n4)C(=O)N23)cc1.O=C([O-])C(F)(F)F. The van der Waals surface area contributed by atoms with E-state index in [0.29, 0.717) is 37.6 Å². The van der Waals surface area contributed by atoms with Gasteiger partial charge < -0.3 is 39.6 Å². The molecule has 0 spiro atoms. The number of β-lactam (4-membered cyclic amide) rings is 1. The molecule has 0 radical (unpaired) electrons. The van der Waals surface area contributed by atoms with Gasteiger partial charge in [-0.05, 0) is 64.1 Å². The second kappa shape index (κ2) is 28.9. The van der Waals surface area contributed by atoms with Gasteiger partial charge in [0.05, 0.1) is 11.8 Å². The molecule has 0 bridgehead atoms. The number of amides is 3. The summed E-state index contributed by atoms with van der Waals surface area (Å²) in [5.41, 5.74) is 11.2. The molecule has 9 aromatic rings. The first kappa shape index (κ1) is 65.1. The molecule has 4 N–H and O–H groups in total. The van der Waals surface area contributed by atoms with E-state index in [2.05, 4.69) is 15.8 Å². The Balaban J connectivity index is 0.00000125. The zero-order valence-electron chi connectivity index (χ0n) is 49.0. The van der Waals surface area contributed by atoms with Crippen molar-refractivity contribution < 1.29 is 70.7 Å². The Bertz CT molecular complexity index is 4070. The molecule has 1 saturated heterocycles. The maximum atomic E-state index is 15.0. The van der Waals surface area contributed by atoms with E-state index >= 15 is 4.79 Å². The number of aliphatic carboxylic acids is 1. The summed E-state index contributed by atoms with van der Waals surface area (Å²) >= 11 is 5.39. The predicted octanol–water partition coefficient (Wildman–Crippen LogP) is 9.62. The number of nitrogens with two attached hydrogens (primary N) is 1. The van der Waals surface area contributed by atoms with Crippen LogP contribution in [0.1, 0.15) is 57.8 Å². The number of thioether (sulfide) groups is 2. The van der Waals surface area contributed by atoms with E-state index < -0.39 is 71.1 Å². The number of aromatic nitrogens is 3. The standard InChI is InChI=1S/C64H54N8O9S4.C2HF3O2/c1-39-51-50(33-34-71(39)61(65)77)85-63(68-51)84-37-44-36-82-58-53(57(74)72(58)54(44)60(76)79-35-41-29-31-48(78-3)32-30-41)67-56(73)52(70-81-40(2)59(75)80-55(42-19-9-4-10-20-42)43-21-11-5-12-22-43)49-38-83-62(66-49)69-64(45-23-13-6-14-24-45,46-25-15-7-16-26-46)47-27-17-8-18-28-47;3-2(4,5)1(6)7/h4-34,38,40,53,55,58H,35-37H2,1-3H3,(H3-,65,66,67,69,73,77);(H,6,7)/b70-52-;/t40-,53?,58-;/m0./s1. The number of carbonyl (C=O) groups excluding carboxylic acids is 6. The molecule has 3 atom stereocenters. The van der Waals surface area contributed by atoms with E-state index in [4.69, 9.17) is 44.7 Å². The summed E-state index contributed by atoms with van der Waals surface area (Å²) in [6.45, 7) is 3.14. The minimum atomic E-state index is -5.19. The lowest BCUT2D eigenvalue weighted by atomic mass is 9.77. The number of carbonyl (C=O) groups is 6. The van der Waals surface area contributed by atoms with Crippen LogP contribution in [0.15, 0.2) is 214 Å². The molecular formula is C66H55F3N8O11S4. The summed E-state index contributed by atoms with van der Waals surface area (Å²) in [5, 5.41) is 21.1. The highest BCUT2D eigenvalue weighted by Crippen LogP contribution is 2.44. The van der Waals surface area contributed by atoms with Crippen molar-refractivity contribution in [3.63, 3.8) is 0 Å². The number of nitrogens with one attached hydrogen (secondary N) is 2. The molecule has 0 aliphatic carbocycles. The van der Waals surface area contributed by atoms with Crippen molar-refractivity contribution in [1.82, 2.24) is 20.2 Å². The summed E-state index contributed by atoms with van der Waals surface area (Å²) in [7, 11) is 1.56. The lowest BCUT2D eigenvalue weighted by Crippen LogP contribution is -2.71. The largest absolute Gasteiger partial charge is 0.542 e. The number of primary amides is 1. The quantitative estimate of drug-likeness (QED) is 0.0115. The fourth-order valence-electron chi connectivity index (χ4n) is 9.99. The third-order valence-electron chi connectivity index (χ3n) is 14.6. The number of benzene rings is 6. The predicted molar refractivity (Wildman–Crippen MR) is 339 cm³/mol. The number of pyridine rings is 1. The van der Waals surface area contributed by atoms with Crippen LogP contribution >= 0.6 is 46.2 Å². The Morgan fingerprint density at radius 2 is 1.37 bits per heavy atom. The van der Waals surface area contributed by atoms with E-state index in [0.717, 1.165) is 32.5 Å². The zero-order chi connectivity index (χ0) is 65.1. The van der Waals surface area contributed by atoms with Gasteiger partial charge in [0, 0.05) is 23.8 Å². The Morgan fingerprint density at radius 3 is 1.90 bits per heavy atom. The topological polar surface area (TPSA) is 258 Å². The van der Waals surface area contributed by atoms with Gasteiger partial charge in [0.15, 0.2) is 21.3 Å². The highest BCUT2D eigenvalue weighted by atomic mass is 32.2. The third kappa shape index (κ3) is 14.6. The number of alkyl halides is 3. The monoisotopic (exact) mass is 1320 g/mol. The summed E-state index contributed by atoms with van der Waals surface area (Å²) in [6.07, 6.45) is -5.72. The van der Waals surface area contributed by atoms with Gasteiger partial charge in [-0.15, -0.1) is 34.4 Å². The normalized spacial score (nSPS) is 15.1. The minimum Gasteiger partial charge on any atom is -0.542 e. The fourth-order valence-corrected chi connectivity index (χ4v) is 14.3. The number of oxime groups is 1. The molecule has 11 rings (SSSR count). The van der Waals surface area contributed by atoms with E-state index in [1.807, 2.05) is 152 Å². The van der Waals surface area contributed by atoms with Crippen LogP contribution in [0.2, 0.25) is 0 Å². The van der Waals surface area contributed by atoms with Crippen LogP contribution in [-0.2, 0) is 50.4 Å². The number of anilines is 1. The van der Waals surface area contributed by atoms with E-state index in [-0.39, 0.29) is 35.2 Å². The number of halogens is 3. The number of methoxy groups -OCH3 is 1. The van der Waals surface area contributed by atoms with E-state index in [1.165, 1.54) is 62.6 Å². The first-order valence-corrected chi connectivity index (χ1v) is 31.8. The lowest BCUT2D eigenvalue weighted by Gasteiger charge is -2.49. The number of esters is 2. The van der Waals surface area contributed by atoms with Crippen molar-refractivity contribution in [1.29, 1.82) is 0 Å². The molecule has 92 heavy (non-hydrogen) atoms. The molecule has 2 aliphatic heterocycles. The Hall–Kier alpha value is -9.89. The molecule has 19 nitrogen and oxygen atoms in total. The van der Waals surface area contributed by atoms with E-state index in [1.54, 1.807) is 55.9 Å². The first-order valence-electron chi connectivity index (χ1n) is 28.1. The summed E-state index contributed by atoms with van der Waals surface area (Å²) in [6, 6.07) is 55.5. The number of hydrogen-bond donors (Lipinski definition) is 3. The molecule has 0 saturated carbocycles. The number of carboxylic acid groups (broad SMARTS) is 1. The maximum Gasteiger partial charge on any atom is 0.493 e. The molecule has 1 unspecified atom stereocenters.